The van der Waals surface area contributed by atoms with E-state index in [-0.39, 0.29) is 24.3 Å². The number of ether oxygens (including phenoxy) is 2. The Morgan fingerprint density at radius 1 is 1.33 bits per heavy atom. The van der Waals surface area contributed by atoms with Gasteiger partial charge in [-0.15, -0.1) is 0 Å². The van der Waals surface area contributed by atoms with Gasteiger partial charge < -0.3 is 14.4 Å². The van der Waals surface area contributed by atoms with Crippen molar-refractivity contribution in [1.82, 2.24) is 4.90 Å². The summed E-state index contributed by atoms with van der Waals surface area (Å²) >= 11 is 0. The predicted molar refractivity (Wildman–Crippen MR) is 91.9 cm³/mol. The van der Waals surface area contributed by atoms with Crippen LogP contribution in [0.3, 0.4) is 0 Å². The van der Waals surface area contributed by atoms with Crippen molar-refractivity contribution in [1.29, 1.82) is 0 Å². The van der Waals surface area contributed by atoms with Crippen LogP contribution in [0.1, 0.15) is 57.2 Å². The Bertz CT molecular complexity index is 585. The number of benzene rings is 1. The zero-order valence-corrected chi connectivity index (χ0v) is 14.8. The van der Waals surface area contributed by atoms with Crippen molar-refractivity contribution < 1.29 is 19.1 Å². The van der Waals surface area contributed by atoms with Crippen LogP contribution in [-0.4, -0.2) is 36.5 Å². The Balaban J connectivity index is 0.00000100. The molecule has 0 spiro atoms. The fraction of sp³-hybridized carbons (Fsp3) is 0.579. The number of nitrogens with zero attached hydrogens (tertiary/aromatic N) is 1. The molecule has 0 aromatic heterocycles. The molecule has 1 saturated heterocycles. The summed E-state index contributed by atoms with van der Waals surface area (Å²) in [5.74, 6) is 0.710. The SMILES string of the molecule is CC.CCOC(=O)CC(c1ccc2c(c1)OCC2)N1CCCC1=O. The van der Waals surface area contributed by atoms with E-state index >= 15 is 0 Å². The van der Waals surface area contributed by atoms with Crippen molar-refractivity contribution in [3.8, 4) is 5.75 Å². The molecule has 0 bridgehead atoms. The highest BCUT2D eigenvalue weighted by atomic mass is 16.5. The number of fused-ring (bicyclic) bond motifs is 1. The highest BCUT2D eigenvalue weighted by Crippen LogP contribution is 2.34. The maximum absolute atomic E-state index is 12.1. The van der Waals surface area contributed by atoms with E-state index < -0.39 is 0 Å². The van der Waals surface area contributed by atoms with Crippen molar-refractivity contribution in [2.75, 3.05) is 19.8 Å². The molecule has 0 saturated carbocycles. The third-order valence-corrected chi connectivity index (χ3v) is 4.26. The monoisotopic (exact) mass is 333 g/mol. The fourth-order valence-electron chi connectivity index (χ4n) is 3.17. The normalized spacial score (nSPS) is 16.8. The van der Waals surface area contributed by atoms with Crippen molar-refractivity contribution in [3.63, 3.8) is 0 Å². The van der Waals surface area contributed by atoms with E-state index in [0.717, 1.165) is 24.2 Å². The molecule has 5 heteroatoms. The van der Waals surface area contributed by atoms with E-state index in [9.17, 15) is 9.59 Å². The topological polar surface area (TPSA) is 55.8 Å². The van der Waals surface area contributed by atoms with Crippen molar-refractivity contribution in [3.05, 3.63) is 29.3 Å². The molecule has 1 fully saturated rings. The smallest absolute Gasteiger partial charge is 0.308 e. The third-order valence-electron chi connectivity index (χ3n) is 4.26. The lowest BCUT2D eigenvalue weighted by Gasteiger charge is -2.28. The van der Waals surface area contributed by atoms with Gasteiger partial charge in [0.2, 0.25) is 5.91 Å². The van der Waals surface area contributed by atoms with Crippen LogP contribution >= 0.6 is 0 Å². The molecule has 2 aliphatic heterocycles. The molecule has 1 aromatic carbocycles. The summed E-state index contributed by atoms with van der Waals surface area (Å²) in [5.41, 5.74) is 2.13. The summed E-state index contributed by atoms with van der Waals surface area (Å²) in [7, 11) is 0. The van der Waals surface area contributed by atoms with Crippen LogP contribution in [0.2, 0.25) is 0 Å². The molecule has 1 atom stereocenters. The Kier molecular flexibility index (Phi) is 6.64. The van der Waals surface area contributed by atoms with Crippen LogP contribution in [0.5, 0.6) is 5.75 Å². The van der Waals surface area contributed by atoms with E-state index in [1.807, 2.05) is 32.0 Å². The number of amides is 1. The summed E-state index contributed by atoms with van der Waals surface area (Å²) in [6, 6.07) is 5.75. The Morgan fingerprint density at radius 3 is 2.79 bits per heavy atom. The summed E-state index contributed by atoms with van der Waals surface area (Å²) in [6.45, 7) is 7.54. The second kappa shape index (κ2) is 8.71. The van der Waals surface area contributed by atoms with Crippen LogP contribution in [0.15, 0.2) is 18.2 Å². The Hall–Kier alpha value is -2.04. The first-order chi connectivity index (χ1) is 11.7. The van der Waals surface area contributed by atoms with E-state index in [1.54, 1.807) is 11.8 Å². The van der Waals surface area contributed by atoms with Crippen LogP contribution in [-0.2, 0) is 20.7 Å². The average molecular weight is 333 g/mol. The third kappa shape index (κ3) is 4.08. The number of hydrogen-bond donors (Lipinski definition) is 0. The van der Waals surface area contributed by atoms with Crippen molar-refractivity contribution in [2.45, 2.75) is 52.5 Å². The quantitative estimate of drug-likeness (QED) is 0.776. The van der Waals surface area contributed by atoms with Gasteiger partial charge in [-0.1, -0.05) is 26.0 Å². The second-order valence-electron chi connectivity index (χ2n) is 5.68. The lowest BCUT2D eigenvalue weighted by molar-refractivity contribution is -0.145. The minimum atomic E-state index is -0.270. The fourth-order valence-corrected chi connectivity index (χ4v) is 3.17. The van der Waals surface area contributed by atoms with Gasteiger partial charge in [0.05, 0.1) is 25.7 Å². The van der Waals surface area contributed by atoms with E-state index in [1.165, 1.54) is 5.56 Å². The lowest BCUT2D eigenvalue weighted by atomic mass is 9.99. The van der Waals surface area contributed by atoms with Gasteiger partial charge in [0.15, 0.2) is 0 Å². The van der Waals surface area contributed by atoms with Gasteiger partial charge in [-0.05, 0) is 30.5 Å². The highest BCUT2D eigenvalue weighted by Gasteiger charge is 2.31. The first-order valence-corrected chi connectivity index (χ1v) is 8.89. The molecule has 0 N–H and O–H groups in total. The molecular formula is C19H27NO4. The molecule has 1 unspecified atom stereocenters. The van der Waals surface area contributed by atoms with Gasteiger partial charge >= 0.3 is 5.97 Å². The molecule has 2 heterocycles. The summed E-state index contributed by atoms with van der Waals surface area (Å²) in [5, 5.41) is 0. The summed E-state index contributed by atoms with van der Waals surface area (Å²) in [4.78, 5) is 25.8. The van der Waals surface area contributed by atoms with Gasteiger partial charge in [-0.2, -0.15) is 0 Å². The van der Waals surface area contributed by atoms with E-state index in [4.69, 9.17) is 9.47 Å². The number of carbonyl (C=O) groups is 2. The largest absolute Gasteiger partial charge is 0.493 e. The Morgan fingerprint density at radius 2 is 2.12 bits per heavy atom. The molecule has 1 amide bonds. The molecule has 24 heavy (non-hydrogen) atoms. The molecule has 132 valence electrons. The number of hydrogen-bond acceptors (Lipinski definition) is 4. The summed E-state index contributed by atoms with van der Waals surface area (Å²) < 4.78 is 10.7. The standard InChI is InChI=1S/C17H21NO4.C2H6/c1-2-21-17(20)11-14(18-8-3-4-16(18)19)13-6-5-12-7-9-22-15(12)10-13;1-2/h5-6,10,14H,2-4,7-9,11H2,1H3;1-2H3. The van der Waals surface area contributed by atoms with E-state index in [2.05, 4.69) is 0 Å². The minimum Gasteiger partial charge on any atom is -0.493 e. The van der Waals surface area contributed by atoms with Gasteiger partial charge in [0.25, 0.3) is 0 Å². The van der Waals surface area contributed by atoms with Crippen molar-refractivity contribution >= 4 is 11.9 Å². The second-order valence-corrected chi connectivity index (χ2v) is 5.68. The van der Waals surface area contributed by atoms with Gasteiger partial charge in [0.1, 0.15) is 5.75 Å². The maximum atomic E-state index is 12.1. The zero-order chi connectivity index (χ0) is 17.5. The molecule has 1 aromatic rings. The number of likely N-dealkylation sites (tertiary alicyclic amines) is 1. The van der Waals surface area contributed by atoms with E-state index in [0.29, 0.717) is 26.2 Å². The molecule has 5 nitrogen and oxygen atoms in total. The molecule has 0 aliphatic carbocycles. The first kappa shape index (κ1) is 18.3. The van der Waals surface area contributed by atoms with Gasteiger partial charge in [-0.25, -0.2) is 0 Å². The predicted octanol–water partition coefficient (Wildman–Crippen LogP) is 3.26. The maximum Gasteiger partial charge on any atom is 0.308 e. The van der Waals surface area contributed by atoms with Gasteiger partial charge in [0, 0.05) is 19.4 Å². The molecular weight excluding hydrogens is 306 g/mol. The van der Waals surface area contributed by atoms with Crippen LogP contribution in [0.25, 0.3) is 0 Å². The molecule has 2 aliphatic rings. The summed E-state index contributed by atoms with van der Waals surface area (Å²) in [6.07, 6.45) is 2.51. The van der Waals surface area contributed by atoms with Crippen LogP contribution < -0.4 is 4.74 Å². The lowest BCUT2D eigenvalue weighted by Crippen LogP contribution is -2.31. The molecule has 0 radical (unpaired) electrons. The van der Waals surface area contributed by atoms with Crippen LogP contribution in [0.4, 0.5) is 0 Å². The number of esters is 1. The highest BCUT2D eigenvalue weighted by molar-refractivity contribution is 5.80. The van der Waals surface area contributed by atoms with Gasteiger partial charge in [-0.3, -0.25) is 9.59 Å². The molecule has 3 rings (SSSR count). The van der Waals surface area contributed by atoms with Crippen LogP contribution in [0, 0.1) is 0 Å². The zero-order valence-electron chi connectivity index (χ0n) is 14.8. The minimum absolute atomic E-state index is 0.107. The number of carbonyl (C=O) groups excluding carboxylic acids is 2. The number of rotatable bonds is 5. The Labute approximate surface area is 143 Å². The first-order valence-electron chi connectivity index (χ1n) is 8.89. The average Bonchev–Trinajstić information content (AvgIpc) is 3.23. The van der Waals surface area contributed by atoms with Crippen molar-refractivity contribution in [2.24, 2.45) is 0 Å².